The van der Waals surface area contributed by atoms with Crippen LogP contribution in [0, 0.1) is 5.82 Å². The largest absolute Gasteiger partial charge is 0.496 e. The van der Waals surface area contributed by atoms with Crippen molar-refractivity contribution in [3.8, 4) is 5.75 Å². The maximum absolute atomic E-state index is 13.7. The fourth-order valence-electron chi connectivity index (χ4n) is 2.69. The van der Waals surface area contributed by atoms with Gasteiger partial charge in [0.05, 0.1) is 24.1 Å². The number of benzene rings is 2. The van der Waals surface area contributed by atoms with Crippen molar-refractivity contribution in [2.24, 2.45) is 0 Å². The summed E-state index contributed by atoms with van der Waals surface area (Å²) in [4.78, 5) is 29.3. The predicted octanol–water partition coefficient (Wildman–Crippen LogP) is 3.88. The Morgan fingerprint density at radius 2 is 1.92 bits per heavy atom. The second-order valence-electron chi connectivity index (χ2n) is 5.65. The highest BCUT2D eigenvalue weighted by atomic mass is 32.1. The second kappa shape index (κ2) is 8.01. The minimum Gasteiger partial charge on any atom is -0.496 e. The van der Waals surface area contributed by atoms with E-state index in [0.29, 0.717) is 27.4 Å². The summed E-state index contributed by atoms with van der Waals surface area (Å²) in [6.45, 7) is 0. The van der Waals surface area contributed by atoms with Gasteiger partial charge in [-0.15, -0.1) is 11.3 Å². The number of thiazole rings is 1. The lowest BCUT2D eigenvalue weighted by Crippen LogP contribution is -2.12. The molecule has 6 heteroatoms. The van der Waals surface area contributed by atoms with Gasteiger partial charge in [0, 0.05) is 23.6 Å². The molecule has 4 nitrogen and oxygen atoms in total. The van der Waals surface area contributed by atoms with E-state index in [9.17, 15) is 14.0 Å². The molecule has 132 valence electrons. The number of aromatic nitrogens is 1. The van der Waals surface area contributed by atoms with E-state index in [0.717, 1.165) is 0 Å². The molecule has 0 spiro atoms. The van der Waals surface area contributed by atoms with Crippen LogP contribution in [-0.4, -0.2) is 23.7 Å². The highest BCUT2D eigenvalue weighted by molar-refractivity contribution is 7.09. The minimum absolute atomic E-state index is 0.0342. The van der Waals surface area contributed by atoms with Crippen LogP contribution in [0.2, 0.25) is 0 Å². The van der Waals surface area contributed by atoms with Crippen LogP contribution in [0.3, 0.4) is 0 Å². The zero-order valence-corrected chi connectivity index (χ0v) is 14.9. The normalized spacial score (nSPS) is 10.5. The summed E-state index contributed by atoms with van der Waals surface area (Å²) in [5.41, 5.74) is 1.03. The molecule has 0 N–H and O–H groups in total. The van der Waals surface area contributed by atoms with Gasteiger partial charge < -0.3 is 4.74 Å². The Morgan fingerprint density at radius 3 is 2.65 bits per heavy atom. The summed E-state index contributed by atoms with van der Waals surface area (Å²) < 4.78 is 19.0. The van der Waals surface area contributed by atoms with Crippen LogP contribution in [0.25, 0.3) is 0 Å². The molecule has 0 unspecified atom stereocenters. The molecule has 0 aliphatic carbocycles. The summed E-state index contributed by atoms with van der Waals surface area (Å²) in [5, 5.41) is 2.49. The molecule has 3 rings (SSSR count). The number of ether oxygens (including phenoxy) is 1. The fourth-order valence-corrected chi connectivity index (χ4v) is 3.34. The summed E-state index contributed by atoms with van der Waals surface area (Å²) in [7, 11) is 1.48. The number of ketones is 2. The summed E-state index contributed by atoms with van der Waals surface area (Å²) >= 11 is 1.39. The van der Waals surface area contributed by atoms with E-state index < -0.39 is 5.82 Å². The molecule has 0 fully saturated rings. The van der Waals surface area contributed by atoms with Crippen LogP contribution in [0.15, 0.2) is 54.0 Å². The quantitative estimate of drug-likeness (QED) is 0.593. The number of Topliss-reactive ketones (excluding diaryl/α,β-unsaturated/α-hetero) is 1. The van der Waals surface area contributed by atoms with E-state index in [1.165, 1.54) is 36.6 Å². The molecule has 2 aromatic carbocycles. The van der Waals surface area contributed by atoms with E-state index in [1.807, 2.05) is 0 Å². The second-order valence-corrected chi connectivity index (χ2v) is 6.63. The first kappa shape index (κ1) is 17.9. The van der Waals surface area contributed by atoms with E-state index in [1.54, 1.807) is 35.8 Å². The first-order chi connectivity index (χ1) is 12.6. The van der Waals surface area contributed by atoms with Gasteiger partial charge in [0.1, 0.15) is 17.3 Å². The van der Waals surface area contributed by atoms with Crippen molar-refractivity contribution >= 4 is 22.9 Å². The SMILES string of the molecule is COc1ccccc1C(=O)c1ccc(F)cc1CC(=O)Cc1nccs1. The number of halogens is 1. The molecular weight excluding hydrogens is 353 g/mol. The van der Waals surface area contributed by atoms with Crippen LogP contribution in [0.1, 0.15) is 26.5 Å². The molecule has 1 aromatic heterocycles. The van der Waals surface area contributed by atoms with E-state index in [-0.39, 0.29) is 24.4 Å². The number of carbonyl (C=O) groups excluding carboxylic acids is 2. The van der Waals surface area contributed by atoms with Gasteiger partial charge in [-0.1, -0.05) is 12.1 Å². The number of nitrogens with zero attached hydrogens (tertiary/aromatic N) is 1. The Kier molecular flexibility index (Phi) is 5.53. The van der Waals surface area contributed by atoms with Crippen molar-refractivity contribution in [1.82, 2.24) is 4.98 Å². The first-order valence-electron chi connectivity index (χ1n) is 7.94. The molecular formula is C20H16FNO3S. The third kappa shape index (κ3) is 4.03. The molecule has 0 bridgehead atoms. The zero-order chi connectivity index (χ0) is 18.5. The van der Waals surface area contributed by atoms with Crippen LogP contribution in [0.4, 0.5) is 4.39 Å². The van der Waals surface area contributed by atoms with Crippen molar-refractivity contribution in [1.29, 1.82) is 0 Å². The number of para-hydroxylation sites is 1. The van der Waals surface area contributed by atoms with Gasteiger partial charge >= 0.3 is 0 Å². The number of hydrogen-bond acceptors (Lipinski definition) is 5. The summed E-state index contributed by atoms with van der Waals surface area (Å²) in [5.74, 6) is -0.486. The number of rotatable bonds is 7. The van der Waals surface area contributed by atoms with Gasteiger partial charge in [-0.05, 0) is 35.9 Å². The highest BCUT2D eigenvalue weighted by Gasteiger charge is 2.19. The molecule has 3 aromatic rings. The monoisotopic (exact) mass is 369 g/mol. The third-order valence-electron chi connectivity index (χ3n) is 3.88. The fraction of sp³-hybridized carbons (Fsp3) is 0.150. The Hall–Kier alpha value is -2.86. The van der Waals surface area contributed by atoms with E-state index in [2.05, 4.69) is 4.98 Å². The third-order valence-corrected chi connectivity index (χ3v) is 4.66. The zero-order valence-electron chi connectivity index (χ0n) is 14.1. The van der Waals surface area contributed by atoms with Crippen molar-refractivity contribution in [3.05, 3.63) is 81.6 Å². The van der Waals surface area contributed by atoms with Crippen molar-refractivity contribution in [2.45, 2.75) is 12.8 Å². The molecule has 1 heterocycles. The highest BCUT2D eigenvalue weighted by Crippen LogP contribution is 2.24. The molecule has 0 saturated carbocycles. The Labute approximate surface area is 154 Å². The van der Waals surface area contributed by atoms with Crippen molar-refractivity contribution < 1.29 is 18.7 Å². The average Bonchev–Trinajstić information content (AvgIpc) is 3.14. The molecule has 26 heavy (non-hydrogen) atoms. The Morgan fingerprint density at radius 1 is 1.12 bits per heavy atom. The van der Waals surface area contributed by atoms with E-state index >= 15 is 0 Å². The van der Waals surface area contributed by atoms with Gasteiger partial charge in [-0.2, -0.15) is 0 Å². The lowest BCUT2D eigenvalue weighted by Gasteiger charge is -2.11. The topological polar surface area (TPSA) is 56.3 Å². The number of methoxy groups -OCH3 is 1. The summed E-state index contributed by atoms with van der Waals surface area (Å²) in [6, 6.07) is 10.7. The molecule has 0 amide bonds. The lowest BCUT2D eigenvalue weighted by molar-refractivity contribution is -0.117. The van der Waals surface area contributed by atoms with Gasteiger partial charge in [-0.3, -0.25) is 9.59 Å². The maximum Gasteiger partial charge on any atom is 0.197 e. The van der Waals surface area contributed by atoms with Crippen LogP contribution >= 0.6 is 11.3 Å². The van der Waals surface area contributed by atoms with Crippen molar-refractivity contribution in [2.75, 3.05) is 7.11 Å². The summed E-state index contributed by atoms with van der Waals surface area (Å²) in [6.07, 6.45) is 1.76. The molecule has 0 aliphatic heterocycles. The van der Waals surface area contributed by atoms with Crippen LogP contribution in [0.5, 0.6) is 5.75 Å². The van der Waals surface area contributed by atoms with Crippen LogP contribution in [-0.2, 0) is 17.6 Å². The number of hydrogen-bond donors (Lipinski definition) is 0. The smallest absolute Gasteiger partial charge is 0.197 e. The predicted molar refractivity (Wildman–Crippen MR) is 97.4 cm³/mol. The van der Waals surface area contributed by atoms with Gasteiger partial charge in [0.15, 0.2) is 5.78 Å². The molecule has 0 aliphatic rings. The maximum atomic E-state index is 13.7. The lowest BCUT2D eigenvalue weighted by atomic mass is 9.94. The van der Waals surface area contributed by atoms with Gasteiger partial charge in [-0.25, -0.2) is 9.37 Å². The van der Waals surface area contributed by atoms with Gasteiger partial charge in [0.2, 0.25) is 0 Å². The molecule has 0 saturated heterocycles. The van der Waals surface area contributed by atoms with Gasteiger partial charge in [0.25, 0.3) is 0 Å². The standard InChI is InChI=1S/C20H16FNO3S/c1-25-18-5-3-2-4-17(18)20(24)16-7-6-14(21)10-13(16)11-15(23)12-19-22-8-9-26-19/h2-10H,11-12H2,1H3. The van der Waals surface area contributed by atoms with E-state index in [4.69, 9.17) is 4.74 Å². The molecule has 0 atom stereocenters. The molecule has 0 radical (unpaired) electrons. The first-order valence-corrected chi connectivity index (χ1v) is 8.82. The number of carbonyl (C=O) groups is 2. The Bertz CT molecular complexity index is 938. The minimum atomic E-state index is -0.487. The van der Waals surface area contributed by atoms with Crippen molar-refractivity contribution in [3.63, 3.8) is 0 Å². The Balaban J connectivity index is 1.90. The van der Waals surface area contributed by atoms with Crippen LogP contribution < -0.4 is 4.74 Å². The average molecular weight is 369 g/mol.